The number of guanidine groups is 1. The molecule has 4 nitrogen and oxygen atoms in total. The second-order valence-corrected chi connectivity index (χ2v) is 5.19. The summed E-state index contributed by atoms with van der Waals surface area (Å²) in [5.41, 5.74) is 0. The summed E-state index contributed by atoms with van der Waals surface area (Å²) in [6.45, 7) is 12.5. The van der Waals surface area contributed by atoms with Crippen LogP contribution in [0.25, 0.3) is 0 Å². The predicted octanol–water partition coefficient (Wildman–Crippen LogP) is 1.46. The fraction of sp³-hybridized carbons (Fsp3) is 0.786. The number of aliphatic imine (C=N–C) groups is 1. The van der Waals surface area contributed by atoms with Crippen molar-refractivity contribution in [2.24, 2.45) is 10.9 Å². The number of nitrogens with zero attached hydrogens (tertiary/aromatic N) is 2. The highest BCUT2D eigenvalue weighted by molar-refractivity contribution is 5.79. The highest BCUT2D eigenvalue weighted by atomic mass is 15.2. The zero-order valence-electron chi connectivity index (χ0n) is 12.1. The van der Waals surface area contributed by atoms with Crippen LogP contribution in [0, 0.1) is 5.92 Å². The van der Waals surface area contributed by atoms with Gasteiger partial charge >= 0.3 is 0 Å². The molecule has 1 unspecified atom stereocenters. The van der Waals surface area contributed by atoms with E-state index in [0.717, 1.165) is 25.0 Å². The van der Waals surface area contributed by atoms with E-state index in [1.54, 1.807) is 7.05 Å². The van der Waals surface area contributed by atoms with E-state index in [4.69, 9.17) is 0 Å². The van der Waals surface area contributed by atoms with Crippen LogP contribution in [0.5, 0.6) is 0 Å². The SMILES string of the molecule is C=CCNC(=NC)NCC(C)N1CCC(C)CC1. The molecular weight excluding hydrogens is 224 g/mol. The Morgan fingerprint density at radius 2 is 2.11 bits per heavy atom. The van der Waals surface area contributed by atoms with Gasteiger partial charge in [-0.2, -0.15) is 0 Å². The first kappa shape index (κ1) is 15.0. The van der Waals surface area contributed by atoms with Crippen molar-refractivity contribution in [2.45, 2.75) is 32.7 Å². The molecule has 0 radical (unpaired) electrons. The maximum atomic E-state index is 4.18. The number of piperidine rings is 1. The van der Waals surface area contributed by atoms with Crippen molar-refractivity contribution >= 4 is 5.96 Å². The van der Waals surface area contributed by atoms with Crippen LogP contribution in [-0.4, -0.2) is 50.1 Å². The van der Waals surface area contributed by atoms with E-state index in [0.29, 0.717) is 6.04 Å². The average Bonchev–Trinajstić information content (AvgIpc) is 2.39. The van der Waals surface area contributed by atoms with Crippen molar-refractivity contribution in [3.63, 3.8) is 0 Å². The number of hydrogen-bond donors (Lipinski definition) is 2. The van der Waals surface area contributed by atoms with Crippen LogP contribution in [-0.2, 0) is 0 Å². The lowest BCUT2D eigenvalue weighted by Gasteiger charge is -2.35. The van der Waals surface area contributed by atoms with Gasteiger partial charge in [-0.25, -0.2) is 0 Å². The van der Waals surface area contributed by atoms with E-state index in [9.17, 15) is 0 Å². The Morgan fingerprint density at radius 3 is 2.67 bits per heavy atom. The van der Waals surface area contributed by atoms with Crippen molar-refractivity contribution in [1.29, 1.82) is 0 Å². The number of rotatable bonds is 5. The number of nitrogens with one attached hydrogen (secondary N) is 2. The van der Waals surface area contributed by atoms with Crippen LogP contribution in [0.2, 0.25) is 0 Å². The largest absolute Gasteiger partial charge is 0.355 e. The molecule has 1 fully saturated rings. The third-order valence-electron chi connectivity index (χ3n) is 3.64. The molecule has 104 valence electrons. The fourth-order valence-electron chi connectivity index (χ4n) is 2.23. The van der Waals surface area contributed by atoms with Crippen LogP contribution in [0.15, 0.2) is 17.6 Å². The standard InChI is InChI=1S/C14H28N4/c1-5-8-16-14(15-4)17-11-13(3)18-9-6-12(2)7-10-18/h5,12-13H,1,6-11H2,2-4H3,(H2,15,16,17). The zero-order valence-corrected chi connectivity index (χ0v) is 12.1. The molecule has 0 amide bonds. The number of likely N-dealkylation sites (tertiary alicyclic amines) is 1. The van der Waals surface area contributed by atoms with Crippen LogP contribution in [0.4, 0.5) is 0 Å². The molecule has 0 spiro atoms. The van der Waals surface area contributed by atoms with Gasteiger partial charge in [0, 0.05) is 26.2 Å². The van der Waals surface area contributed by atoms with E-state index >= 15 is 0 Å². The topological polar surface area (TPSA) is 39.7 Å². The lowest BCUT2D eigenvalue weighted by molar-refractivity contribution is 0.147. The Bertz CT molecular complexity index is 267. The second kappa shape index (κ2) is 8.14. The van der Waals surface area contributed by atoms with E-state index in [2.05, 4.69) is 41.0 Å². The molecule has 1 aliphatic heterocycles. The van der Waals surface area contributed by atoms with E-state index < -0.39 is 0 Å². The molecule has 1 saturated heterocycles. The van der Waals surface area contributed by atoms with Crippen LogP contribution >= 0.6 is 0 Å². The second-order valence-electron chi connectivity index (χ2n) is 5.19. The summed E-state index contributed by atoms with van der Waals surface area (Å²) < 4.78 is 0. The summed E-state index contributed by atoms with van der Waals surface area (Å²) in [4.78, 5) is 6.75. The van der Waals surface area contributed by atoms with Crippen LogP contribution in [0.3, 0.4) is 0 Å². The minimum absolute atomic E-state index is 0.555. The van der Waals surface area contributed by atoms with Crippen LogP contribution in [0.1, 0.15) is 26.7 Å². The molecule has 2 N–H and O–H groups in total. The average molecular weight is 252 g/mol. The highest BCUT2D eigenvalue weighted by Gasteiger charge is 2.20. The van der Waals surface area contributed by atoms with Gasteiger partial charge in [-0.15, -0.1) is 6.58 Å². The molecule has 1 aliphatic rings. The summed E-state index contributed by atoms with van der Waals surface area (Å²) in [7, 11) is 1.80. The van der Waals surface area contributed by atoms with Crippen molar-refractivity contribution in [2.75, 3.05) is 33.2 Å². The van der Waals surface area contributed by atoms with E-state index in [-0.39, 0.29) is 0 Å². The molecule has 1 heterocycles. The first-order chi connectivity index (χ1) is 8.67. The normalized spacial score (nSPS) is 20.5. The molecule has 4 heteroatoms. The van der Waals surface area contributed by atoms with Gasteiger partial charge in [-0.1, -0.05) is 13.0 Å². The lowest BCUT2D eigenvalue weighted by Crippen LogP contribution is -2.48. The monoisotopic (exact) mass is 252 g/mol. The molecule has 0 saturated carbocycles. The van der Waals surface area contributed by atoms with Crippen molar-refractivity contribution < 1.29 is 0 Å². The molecule has 0 aliphatic carbocycles. The summed E-state index contributed by atoms with van der Waals surface area (Å²) >= 11 is 0. The predicted molar refractivity (Wildman–Crippen MR) is 79.0 cm³/mol. The van der Waals surface area contributed by atoms with Gasteiger partial charge in [0.1, 0.15) is 0 Å². The molecule has 1 rings (SSSR count). The summed E-state index contributed by atoms with van der Waals surface area (Å²) in [5.74, 6) is 1.75. The van der Waals surface area contributed by atoms with Gasteiger partial charge < -0.3 is 10.6 Å². The Labute approximate surface area is 112 Å². The van der Waals surface area contributed by atoms with Gasteiger partial charge in [-0.3, -0.25) is 9.89 Å². The van der Waals surface area contributed by atoms with Gasteiger partial charge in [0.05, 0.1) is 0 Å². The minimum Gasteiger partial charge on any atom is -0.355 e. The summed E-state index contributed by atoms with van der Waals surface area (Å²) in [5, 5.41) is 6.55. The van der Waals surface area contributed by atoms with Crippen LogP contribution < -0.4 is 10.6 Å². The Morgan fingerprint density at radius 1 is 1.44 bits per heavy atom. The molecule has 1 atom stereocenters. The van der Waals surface area contributed by atoms with E-state index in [1.807, 2.05) is 6.08 Å². The van der Waals surface area contributed by atoms with Gasteiger partial charge in [0.15, 0.2) is 5.96 Å². The molecule has 0 aromatic heterocycles. The first-order valence-corrected chi connectivity index (χ1v) is 6.96. The Kier molecular flexibility index (Phi) is 6.80. The summed E-state index contributed by atoms with van der Waals surface area (Å²) in [6.07, 6.45) is 4.49. The lowest BCUT2D eigenvalue weighted by atomic mass is 9.98. The number of hydrogen-bond acceptors (Lipinski definition) is 2. The maximum absolute atomic E-state index is 4.18. The minimum atomic E-state index is 0.555. The summed E-state index contributed by atoms with van der Waals surface area (Å²) in [6, 6.07) is 0.555. The van der Waals surface area contributed by atoms with Gasteiger partial charge in [0.25, 0.3) is 0 Å². The first-order valence-electron chi connectivity index (χ1n) is 6.96. The van der Waals surface area contributed by atoms with Crippen molar-refractivity contribution in [3.05, 3.63) is 12.7 Å². The van der Waals surface area contributed by atoms with E-state index in [1.165, 1.54) is 25.9 Å². The smallest absolute Gasteiger partial charge is 0.191 e. The third-order valence-corrected chi connectivity index (χ3v) is 3.64. The van der Waals surface area contributed by atoms with Crippen molar-refractivity contribution in [1.82, 2.24) is 15.5 Å². The fourth-order valence-corrected chi connectivity index (χ4v) is 2.23. The van der Waals surface area contributed by atoms with Crippen molar-refractivity contribution in [3.8, 4) is 0 Å². The molecular formula is C14H28N4. The maximum Gasteiger partial charge on any atom is 0.191 e. The Hall–Kier alpha value is -1.03. The molecule has 0 aromatic carbocycles. The molecule has 18 heavy (non-hydrogen) atoms. The third kappa shape index (κ3) is 5.08. The molecule has 0 bridgehead atoms. The highest BCUT2D eigenvalue weighted by Crippen LogP contribution is 2.17. The zero-order chi connectivity index (χ0) is 13.4. The molecule has 0 aromatic rings. The quantitative estimate of drug-likeness (QED) is 0.442. The van der Waals surface area contributed by atoms with Gasteiger partial charge in [0.2, 0.25) is 0 Å². The van der Waals surface area contributed by atoms with Gasteiger partial charge in [-0.05, 0) is 38.8 Å². The Balaban J connectivity index is 2.26.